The first kappa shape index (κ1) is 8.86. The molecule has 66 valence electrons. The smallest absolute Gasteiger partial charge is 0.183 e. The first-order valence-electron chi connectivity index (χ1n) is 3.67. The first-order chi connectivity index (χ1) is 5.74. The van der Waals surface area contributed by atoms with Crippen molar-refractivity contribution in [2.75, 3.05) is 18.4 Å². The lowest BCUT2D eigenvalue weighted by Gasteiger charge is -2.04. The van der Waals surface area contributed by atoms with Crippen LogP contribution < -0.4 is 11.1 Å². The van der Waals surface area contributed by atoms with Crippen LogP contribution in [0.3, 0.4) is 0 Å². The van der Waals surface area contributed by atoms with E-state index in [1.165, 1.54) is 0 Å². The van der Waals surface area contributed by atoms with Gasteiger partial charge in [0.1, 0.15) is 5.82 Å². The van der Waals surface area contributed by atoms with Gasteiger partial charge in [-0.05, 0) is 6.92 Å². The minimum absolute atomic E-state index is 0.216. The Labute approximate surface area is 70.0 Å². The topological polar surface area (TPSA) is 63.8 Å². The van der Waals surface area contributed by atoms with Crippen molar-refractivity contribution in [2.45, 2.75) is 6.92 Å². The molecular weight excluding hydrogens is 159 g/mol. The van der Waals surface area contributed by atoms with E-state index >= 15 is 0 Å². The molecule has 3 N–H and O–H groups in total. The Bertz CT molecular complexity index is 264. The molecule has 12 heavy (non-hydrogen) atoms. The summed E-state index contributed by atoms with van der Waals surface area (Å²) < 4.78 is 12.9. The van der Waals surface area contributed by atoms with E-state index in [9.17, 15) is 4.39 Å². The van der Waals surface area contributed by atoms with E-state index < -0.39 is 5.82 Å². The molecule has 0 amide bonds. The van der Waals surface area contributed by atoms with Gasteiger partial charge in [-0.2, -0.15) is 0 Å². The Balaban J connectivity index is 2.75. The van der Waals surface area contributed by atoms with Crippen LogP contribution in [0.2, 0.25) is 0 Å². The number of nitrogens with zero attached hydrogens (tertiary/aromatic N) is 2. The molecule has 0 aliphatic heterocycles. The van der Waals surface area contributed by atoms with E-state index in [2.05, 4.69) is 15.3 Å². The molecule has 0 saturated heterocycles. The minimum atomic E-state index is -0.450. The van der Waals surface area contributed by atoms with Crippen LogP contribution in [0.4, 0.5) is 10.2 Å². The standard InChI is InChI=1S/C7H11FN4/c1-5-11-4-6(8)7(12-5)10-3-2-9/h4H,2-3,9H2,1H3,(H,10,11,12). The van der Waals surface area contributed by atoms with Gasteiger partial charge in [0.05, 0.1) is 6.20 Å². The second-order valence-electron chi connectivity index (χ2n) is 2.33. The molecule has 1 heterocycles. The zero-order chi connectivity index (χ0) is 8.97. The summed E-state index contributed by atoms with van der Waals surface area (Å²) in [4.78, 5) is 7.55. The molecule has 1 aromatic heterocycles. The molecule has 0 radical (unpaired) electrons. The number of nitrogens with two attached hydrogens (primary N) is 1. The average Bonchev–Trinajstić information content (AvgIpc) is 2.07. The Morgan fingerprint density at radius 1 is 1.67 bits per heavy atom. The average molecular weight is 170 g/mol. The highest BCUT2D eigenvalue weighted by Gasteiger charge is 2.02. The van der Waals surface area contributed by atoms with Gasteiger partial charge in [-0.15, -0.1) is 0 Å². The molecule has 5 heteroatoms. The molecule has 0 aliphatic carbocycles. The Kier molecular flexibility index (Phi) is 2.93. The summed E-state index contributed by atoms with van der Waals surface area (Å²) in [5.41, 5.74) is 5.24. The Morgan fingerprint density at radius 2 is 2.42 bits per heavy atom. The molecule has 0 fully saturated rings. The van der Waals surface area contributed by atoms with Gasteiger partial charge in [0, 0.05) is 13.1 Å². The summed E-state index contributed by atoms with van der Waals surface area (Å²) >= 11 is 0. The summed E-state index contributed by atoms with van der Waals surface area (Å²) in [5.74, 6) is 0.304. The van der Waals surface area contributed by atoms with Crippen LogP contribution in [-0.4, -0.2) is 23.1 Å². The van der Waals surface area contributed by atoms with Crippen molar-refractivity contribution in [1.29, 1.82) is 0 Å². The number of rotatable bonds is 3. The lowest BCUT2D eigenvalue weighted by molar-refractivity contribution is 0.614. The van der Waals surface area contributed by atoms with Crippen molar-refractivity contribution >= 4 is 5.82 Å². The van der Waals surface area contributed by atoms with Gasteiger partial charge in [-0.1, -0.05) is 0 Å². The molecule has 0 atom stereocenters. The van der Waals surface area contributed by atoms with Crippen LogP contribution in [0.15, 0.2) is 6.20 Å². The monoisotopic (exact) mass is 170 g/mol. The molecular formula is C7H11FN4. The number of hydrogen-bond acceptors (Lipinski definition) is 4. The molecule has 1 rings (SSSR count). The van der Waals surface area contributed by atoms with Crippen LogP contribution in [0, 0.1) is 12.7 Å². The first-order valence-corrected chi connectivity index (χ1v) is 3.67. The van der Waals surface area contributed by atoms with Gasteiger partial charge in [0.2, 0.25) is 0 Å². The molecule has 0 aliphatic rings. The van der Waals surface area contributed by atoms with Crippen LogP contribution in [-0.2, 0) is 0 Å². The summed E-state index contributed by atoms with van der Waals surface area (Å²) in [5, 5.41) is 2.75. The fraction of sp³-hybridized carbons (Fsp3) is 0.429. The van der Waals surface area contributed by atoms with Crippen LogP contribution in [0.5, 0.6) is 0 Å². The lowest BCUT2D eigenvalue weighted by atomic mass is 10.5. The third kappa shape index (κ3) is 2.13. The maximum absolute atomic E-state index is 12.9. The summed E-state index contributed by atoms with van der Waals surface area (Å²) in [7, 11) is 0. The van der Waals surface area contributed by atoms with Crippen molar-refractivity contribution in [2.24, 2.45) is 5.73 Å². The molecule has 1 aromatic rings. The second kappa shape index (κ2) is 3.96. The highest BCUT2D eigenvalue weighted by Crippen LogP contribution is 2.07. The third-order valence-electron chi connectivity index (χ3n) is 1.30. The van der Waals surface area contributed by atoms with Gasteiger partial charge in [-0.25, -0.2) is 14.4 Å². The van der Waals surface area contributed by atoms with E-state index in [1.807, 2.05) is 0 Å². The number of nitrogens with one attached hydrogen (secondary N) is 1. The fourth-order valence-electron chi connectivity index (χ4n) is 0.770. The lowest BCUT2D eigenvalue weighted by Crippen LogP contribution is -2.15. The second-order valence-corrected chi connectivity index (χ2v) is 2.33. The number of aryl methyl sites for hydroxylation is 1. The maximum atomic E-state index is 12.9. The van der Waals surface area contributed by atoms with E-state index in [0.717, 1.165) is 6.20 Å². The van der Waals surface area contributed by atoms with E-state index in [1.54, 1.807) is 6.92 Å². The minimum Gasteiger partial charge on any atom is -0.366 e. The van der Waals surface area contributed by atoms with Crippen molar-refractivity contribution in [3.05, 3.63) is 17.8 Å². The van der Waals surface area contributed by atoms with Gasteiger partial charge >= 0.3 is 0 Å². The highest BCUT2D eigenvalue weighted by atomic mass is 19.1. The van der Waals surface area contributed by atoms with Gasteiger partial charge in [-0.3, -0.25) is 0 Å². The molecule has 0 aromatic carbocycles. The summed E-state index contributed by atoms with van der Waals surface area (Å²) in [6.07, 6.45) is 1.14. The molecule has 0 spiro atoms. The molecule has 0 unspecified atom stereocenters. The van der Waals surface area contributed by atoms with Gasteiger partial charge < -0.3 is 11.1 Å². The quantitative estimate of drug-likeness (QED) is 0.684. The fourth-order valence-corrected chi connectivity index (χ4v) is 0.770. The van der Waals surface area contributed by atoms with Crippen LogP contribution >= 0.6 is 0 Å². The molecule has 4 nitrogen and oxygen atoms in total. The van der Waals surface area contributed by atoms with Crippen molar-refractivity contribution in [3.8, 4) is 0 Å². The number of anilines is 1. The van der Waals surface area contributed by atoms with E-state index in [-0.39, 0.29) is 5.82 Å². The zero-order valence-electron chi connectivity index (χ0n) is 6.84. The summed E-state index contributed by atoms with van der Waals surface area (Å²) in [6.45, 7) is 2.66. The Morgan fingerprint density at radius 3 is 3.08 bits per heavy atom. The predicted octanol–water partition coefficient (Wildman–Crippen LogP) is 0.295. The predicted molar refractivity (Wildman–Crippen MR) is 44.3 cm³/mol. The van der Waals surface area contributed by atoms with Gasteiger partial charge in [0.15, 0.2) is 11.6 Å². The highest BCUT2D eigenvalue weighted by molar-refractivity contribution is 5.34. The normalized spacial score (nSPS) is 9.92. The Hall–Kier alpha value is -1.23. The van der Waals surface area contributed by atoms with E-state index in [0.29, 0.717) is 18.9 Å². The number of hydrogen-bond donors (Lipinski definition) is 2. The third-order valence-corrected chi connectivity index (χ3v) is 1.30. The van der Waals surface area contributed by atoms with Crippen molar-refractivity contribution < 1.29 is 4.39 Å². The SMILES string of the molecule is Cc1ncc(F)c(NCCN)n1. The van der Waals surface area contributed by atoms with Gasteiger partial charge in [0.25, 0.3) is 0 Å². The zero-order valence-corrected chi connectivity index (χ0v) is 6.84. The van der Waals surface area contributed by atoms with Crippen LogP contribution in [0.1, 0.15) is 5.82 Å². The molecule has 0 saturated carbocycles. The molecule has 0 bridgehead atoms. The van der Waals surface area contributed by atoms with Crippen molar-refractivity contribution in [3.63, 3.8) is 0 Å². The maximum Gasteiger partial charge on any atom is 0.183 e. The van der Waals surface area contributed by atoms with Crippen molar-refractivity contribution in [1.82, 2.24) is 9.97 Å². The summed E-state index contributed by atoms with van der Waals surface area (Å²) in [6, 6.07) is 0. The number of halogens is 1. The van der Waals surface area contributed by atoms with Crippen LogP contribution in [0.25, 0.3) is 0 Å². The van der Waals surface area contributed by atoms with E-state index in [4.69, 9.17) is 5.73 Å². The number of aromatic nitrogens is 2. The largest absolute Gasteiger partial charge is 0.366 e.